The van der Waals surface area contributed by atoms with Gasteiger partial charge in [-0.25, -0.2) is 9.59 Å². The fourth-order valence-corrected chi connectivity index (χ4v) is 2.44. The van der Waals surface area contributed by atoms with Gasteiger partial charge in [0, 0.05) is 11.1 Å². The molecule has 0 amide bonds. The van der Waals surface area contributed by atoms with Gasteiger partial charge in [0.15, 0.2) is 0 Å². The molecule has 8 heteroatoms. The highest BCUT2D eigenvalue weighted by atomic mass is 32.2. The molecule has 0 rings (SSSR count). The lowest BCUT2D eigenvalue weighted by Crippen LogP contribution is -2.13. The van der Waals surface area contributed by atoms with Gasteiger partial charge in [-0.05, 0) is 25.7 Å². The lowest BCUT2D eigenvalue weighted by Gasteiger charge is -2.09. The third-order valence-corrected chi connectivity index (χ3v) is 3.79. The van der Waals surface area contributed by atoms with Crippen LogP contribution >= 0.6 is 0 Å². The highest BCUT2D eigenvalue weighted by Gasteiger charge is 2.20. The van der Waals surface area contributed by atoms with Crippen LogP contribution in [0.2, 0.25) is 0 Å². The predicted molar refractivity (Wildman–Crippen MR) is 76.7 cm³/mol. The number of carbonyl (C=O) groups is 2. The summed E-state index contributed by atoms with van der Waals surface area (Å²) in [5.74, 6) is -3.25. The van der Waals surface area contributed by atoms with Crippen molar-refractivity contribution in [3.05, 3.63) is 11.1 Å². The number of carboxylic acids is 2. The third kappa shape index (κ3) is 9.19. The monoisotopic (exact) mass is 322 g/mol. The maximum atomic E-state index is 11.2. The van der Waals surface area contributed by atoms with Crippen molar-refractivity contribution in [3.8, 4) is 0 Å². The summed E-state index contributed by atoms with van der Waals surface area (Å²) in [6, 6.07) is 0. The van der Waals surface area contributed by atoms with Crippen molar-refractivity contribution in [2.45, 2.75) is 51.9 Å². The summed E-state index contributed by atoms with van der Waals surface area (Å²) in [5, 5.41) is 18.2. The molecule has 0 unspecified atom stereocenters. The molecular formula is C13H22O7S. The number of rotatable bonds is 11. The first-order chi connectivity index (χ1) is 9.69. The zero-order chi connectivity index (χ0) is 16.5. The molecule has 21 heavy (non-hydrogen) atoms. The quantitative estimate of drug-likeness (QED) is 0.302. The van der Waals surface area contributed by atoms with Gasteiger partial charge in [-0.3, -0.25) is 4.55 Å². The van der Waals surface area contributed by atoms with Crippen LogP contribution in [-0.4, -0.2) is 40.9 Å². The zero-order valence-electron chi connectivity index (χ0n) is 12.0. The Bertz CT molecular complexity index is 491. The van der Waals surface area contributed by atoms with Gasteiger partial charge in [-0.2, -0.15) is 8.42 Å². The lowest BCUT2D eigenvalue weighted by molar-refractivity contribution is -0.136. The second-order valence-electron chi connectivity index (χ2n) is 4.77. The van der Waals surface area contributed by atoms with Crippen LogP contribution in [-0.2, 0) is 19.7 Å². The Morgan fingerprint density at radius 2 is 1.33 bits per heavy atom. The smallest absolute Gasteiger partial charge is 0.332 e. The first-order valence-corrected chi connectivity index (χ1v) is 8.43. The molecule has 0 bridgehead atoms. The van der Waals surface area contributed by atoms with Crippen molar-refractivity contribution >= 4 is 22.1 Å². The van der Waals surface area contributed by atoms with E-state index < -0.39 is 27.8 Å². The number of carboxylic acid groups (broad SMARTS) is 2. The lowest BCUT2D eigenvalue weighted by atomic mass is 9.98. The Morgan fingerprint density at radius 3 is 1.71 bits per heavy atom. The van der Waals surface area contributed by atoms with Gasteiger partial charge in [-0.15, -0.1) is 0 Å². The largest absolute Gasteiger partial charge is 0.478 e. The van der Waals surface area contributed by atoms with Crippen molar-refractivity contribution in [1.29, 1.82) is 0 Å². The predicted octanol–water partition coefficient (Wildman–Crippen LogP) is 2.09. The molecule has 0 saturated carbocycles. The van der Waals surface area contributed by atoms with Crippen LogP contribution in [0.15, 0.2) is 11.1 Å². The molecule has 0 atom stereocenters. The molecule has 0 saturated heterocycles. The fourth-order valence-electron chi connectivity index (χ4n) is 1.93. The normalized spacial score (nSPS) is 12.9. The van der Waals surface area contributed by atoms with Crippen LogP contribution in [0.5, 0.6) is 0 Å². The maximum absolute atomic E-state index is 11.2. The van der Waals surface area contributed by atoms with Crippen molar-refractivity contribution in [2.75, 3.05) is 5.75 Å². The number of hydrogen-bond acceptors (Lipinski definition) is 4. The van der Waals surface area contributed by atoms with Crippen molar-refractivity contribution < 1.29 is 32.8 Å². The molecule has 0 aromatic rings. The van der Waals surface area contributed by atoms with Crippen LogP contribution < -0.4 is 0 Å². The molecule has 0 aliphatic heterocycles. The fraction of sp³-hybridized carbons (Fsp3) is 0.692. The standard InChI is InChI=1S/C13H22O7S/c1-2-3-4-5-7-10(12(14)15)11(13(16)17)8-6-9-21(18,19)20/h2-9H2,1H3,(H,14,15)(H,16,17)(H,18,19,20). The number of unbranched alkanes of at least 4 members (excludes halogenated alkanes) is 3. The van der Waals surface area contributed by atoms with Gasteiger partial charge in [-0.1, -0.05) is 26.2 Å². The van der Waals surface area contributed by atoms with Crippen LogP contribution in [0.1, 0.15) is 51.9 Å². The van der Waals surface area contributed by atoms with Crippen LogP contribution in [0.3, 0.4) is 0 Å². The summed E-state index contributed by atoms with van der Waals surface area (Å²) >= 11 is 0. The summed E-state index contributed by atoms with van der Waals surface area (Å²) in [6.45, 7) is 2.01. The molecular weight excluding hydrogens is 300 g/mol. The number of hydrogen-bond donors (Lipinski definition) is 3. The van der Waals surface area contributed by atoms with E-state index in [4.69, 9.17) is 14.8 Å². The van der Waals surface area contributed by atoms with Crippen LogP contribution in [0.25, 0.3) is 0 Å². The van der Waals surface area contributed by atoms with Gasteiger partial charge in [0.1, 0.15) is 0 Å². The second kappa shape index (κ2) is 9.51. The second-order valence-corrected chi connectivity index (χ2v) is 6.34. The Balaban J connectivity index is 4.91. The Labute approximate surface area is 124 Å². The van der Waals surface area contributed by atoms with E-state index in [2.05, 4.69) is 0 Å². The van der Waals surface area contributed by atoms with E-state index in [1.165, 1.54) is 0 Å². The minimum atomic E-state index is -4.18. The Kier molecular flexibility index (Phi) is 8.87. The van der Waals surface area contributed by atoms with E-state index in [0.29, 0.717) is 6.42 Å². The van der Waals surface area contributed by atoms with Gasteiger partial charge in [0.25, 0.3) is 10.1 Å². The van der Waals surface area contributed by atoms with Gasteiger partial charge in [0.2, 0.25) is 0 Å². The molecule has 0 radical (unpaired) electrons. The first-order valence-electron chi connectivity index (χ1n) is 6.82. The summed E-state index contributed by atoms with van der Waals surface area (Å²) in [4.78, 5) is 22.3. The highest BCUT2D eigenvalue weighted by Crippen LogP contribution is 2.19. The SMILES string of the molecule is CCCCCCC(C(=O)O)=C(CCCS(=O)(=O)O)C(=O)O. The maximum Gasteiger partial charge on any atom is 0.332 e. The molecule has 0 fully saturated rings. The van der Waals surface area contributed by atoms with E-state index in [1.807, 2.05) is 6.92 Å². The molecule has 0 spiro atoms. The molecule has 0 aromatic carbocycles. The summed E-state index contributed by atoms with van der Waals surface area (Å²) in [7, 11) is -4.18. The van der Waals surface area contributed by atoms with E-state index in [0.717, 1.165) is 19.3 Å². The molecule has 122 valence electrons. The molecule has 0 aliphatic rings. The molecule has 0 aromatic heterocycles. The average Bonchev–Trinajstić information content (AvgIpc) is 2.34. The van der Waals surface area contributed by atoms with Gasteiger partial charge >= 0.3 is 11.9 Å². The highest BCUT2D eigenvalue weighted by molar-refractivity contribution is 7.85. The van der Waals surface area contributed by atoms with E-state index >= 15 is 0 Å². The summed E-state index contributed by atoms with van der Waals surface area (Å²) in [5.41, 5.74) is -0.475. The van der Waals surface area contributed by atoms with Crippen molar-refractivity contribution in [3.63, 3.8) is 0 Å². The molecule has 7 nitrogen and oxygen atoms in total. The van der Waals surface area contributed by atoms with Gasteiger partial charge < -0.3 is 10.2 Å². The first kappa shape index (κ1) is 19.6. The van der Waals surface area contributed by atoms with E-state index in [9.17, 15) is 18.0 Å². The summed E-state index contributed by atoms with van der Waals surface area (Å²) < 4.78 is 29.8. The minimum Gasteiger partial charge on any atom is -0.478 e. The third-order valence-electron chi connectivity index (χ3n) is 2.99. The van der Waals surface area contributed by atoms with E-state index in [1.54, 1.807) is 0 Å². The van der Waals surface area contributed by atoms with E-state index in [-0.39, 0.29) is 30.4 Å². The van der Waals surface area contributed by atoms with Crippen LogP contribution in [0, 0.1) is 0 Å². The number of aliphatic carboxylic acids is 2. The minimum absolute atomic E-state index is 0.133. The molecule has 3 N–H and O–H groups in total. The average molecular weight is 322 g/mol. The zero-order valence-corrected chi connectivity index (χ0v) is 12.9. The van der Waals surface area contributed by atoms with Crippen molar-refractivity contribution in [1.82, 2.24) is 0 Å². The Hall–Kier alpha value is -1.41. The van der Waals surface area contributed by atoms with Crippen LogP contribution in [0.4, 0.5) is 0 Å². The Morgan fingerprint density at radius 1 is 0.857 bits per heavy atom. The topological polar surface area (TPSA) is 129 Å². The molecule has 0 aliphatic carbocycles. The molecule has 0 heterocycles. The van der Waals surface area contributed by atoms with Gasteiger partial charge in [0.05, 0.1) is 5.75 Å². The summed E-state index contributed by atoms with van der Waals surface area (Å²) in [6.07, 6.45) is 3.11. The van der Waals surface area contributed by atoms with Crippen molar-refractivity contribution in [2.24, 2.45) is 0 Å².